The lowest BCUT2D eigenvalue weighted by Crippen LogP contribution is -2.46. The molecule has 2 fully saturated rings. The number of nitrogens with zero attached hydrogens (tertiary/aromatic N) is 4. The van der Waals surface area contributed by atoms with Gasteiger partial charge in [-0.1, -0.05) is 6.07 Å². The van der Waals surface area contributed by atoms with Crippen molar-refractivity contribution in [3.8, 4) is 0 Å². The Morgan fingerprint density at radius 2 is 2.04 bits per heavy atom. The lowest BCUT2D eigenvalue weighted by molar-refractivity contribution is -0.134. The van der Waals surface area contributed by atoms with E-state index in [0.29, 0.717) is 13.1 Å². The average molecular weight is 335 g/mol. The summed E-state index contributed by atoms with van der Waals surface area (Å²) in [6, 6.07) is 5.00. The molecule has 2 aromatic heterocycles. The first-order valence-electron chi connectivity index (χ1n) is 8.23. The maximum Gasteiger partial charge on any atom is 0.262 e. The highest BCUT2D eigenvalue weighted by Gasteiger charge is 2.44. The van der Waals surface area contributed by atoms with Crippen molar-refractivity contribution < 1.29 is 13.6 Å². The predicted molar refractivity (Wildman–Crippen MR) is 82.9 cm³/mol. The molecule has 1 unspecified atom stereocenters. The van der Waals surface area contributed by atoms with Gasteiger partial charge in [-0.3, -0.25) is 14.5 Å². The summed E-state index contributed by atoms with van der Waals surface area (Å²) in [5.74, 6) is -1.86. The lowest BCUT2D eigenvalue weighted by atomic mass is 9.95. The number of nitrogens with one attached hydrogen (secondary N) is 1. The van der Waals surface area contributed by atoms with E-state index in [0.717, 1.165) is 24.3 Å². The summed E-state index contributed by atoms with van der Waals surface area (Å²) >= 11 is 0. The van der Waals surface area contributed by atoms with Crippen molar-refractivity contribution in [2.45, 2.75) is 37.1 Å². The Kier molecular flexibility index (Phi) is 3.71. The van der Waals surface area contributed by atoms with Crippen LogP contribution in [-0.4, -0.2) is 57.0 Å². The second kappa shape index (κ2) is 5.77. The van der Waals surface area contributed by atoms with Crippen LogP contribution in [0.4, 0.5) is 8.78 Å². The first-order valence-corrected chi connectivity index (χ1v) is 8.23. The Morgan fingerprint density at radius 1 is 1.25 bits per heavy atom. The molecule has 0 aromatic carbocycles. The third-order valence-electron chi connectivity index (χ3n) is 4.92. The van der Waals surface area contributed by atoms with Crippen molar-refractivity contribution in [3.63, 3.8) is 0 Å². The molecule has 6 nitrogen and oxygen atoms in total. The molecular formula is C16H19F2N5O. The first-order chi connectivity index (χ1) is 11.5. The fourth-order valence-electron chi connectivity index (χ4n) is 3.61. The molecule has 4 rings (SSSR count). The Balaban J connectivity index is 1.41. The van der Waals surface area contributed by atoms with Crippen molar-refractivity contribution in [2.24, 2.45) is 0 Å². The zero-order chi connectivity index (χ0) is 16.7. The van der Waals surface area contributed by atoms with Crippen molar-refractivity contribution in [3.05, 3.63) is 30.2 Å². The maximum atomic E-state index is 13.3. The van der Waals surface area contributed by atoms with Gasteiger partial charge in [0.1, 0.15) is 5.82 Å². The number of hydrogen-bond donors (Lipinski definition) is 1. The van der Waals surface area contributed by atoms with Crippen LogP contribution in [0.3, 0.4) is 0 Å². The highest BCUT2D eigenvalue weighted by Crippen LogP contribution is 2.30. The Hall–Kier alpha value is -2.09. The number of aromatic nitrogens is 3. The number of halogens is 2. The van der Waals surface area contributed by atoms with Crippen LogP contribution in [0.25, 0.3) is 5.65 Å². The summed E-state index contributed by atoms with van der Waals surface area (Å²) in [6.07, 6.45) is 3.07. The second-order valence-electron chi connectivity index (χ2n) is 6.58. The smallest absolute Gasteiger partial charge is 0.262 e. The SMILES string of the molecule is O=C(C1CC(F)(F)CN1)N1CCC(c2nnc3ccccn23)CC1. The minimum atomic E-state index is -2.78. The quantitative estimate of drug-likeness (QED) is 0.902. The number of rotatable bonds is 2. The van der Waals surface area contributed by atoms with Crippen molar-refractivity contribution in [1.82, 2.24) is 24.8 Å². The number of hydrogen-bond acceptors (Lipinski definition) is 4. The van der Waals surface area contributed by atoms with E-state index in [1.54, 1.807) is 4.90 Å². The molecule has 0 radical (unpaired) electrons. The third kappa shape index (κ3) is 2.75. The van der Waals surface area contributed by atoms with Gasteiger partial charge in [0, 0.05) is 31.6 Å². The summed E-state index contributed by atoms with van der Waals surface area (Å²) in [5, 5.41) is 11.1. The van der Waals surface area contributed by atoms with Crippen LogP contribution >= 0.6 is 0 Å². The number of carbonyl (C=O) groups is 1. The molecule has 1 amide bonds. The number of amides is 1. The van der Waals surface area contributed by atoms with Crippen molar-refractivity contribution in [1.29, 1.82) is 0 Å². The van der Waals surface area contributed by atoms with E-state index in [2.05, 4.69) is 15.5 Å². The van der Waals surface area contributed by atoms with E-state index in [4.69, 9.17) is 0 Å². The van der Waals surface area contributed by atoms with E-state index in [1.165, 1.54) is 0 Å². The standard InChI is InChI=1S/C16H19F2N5O/c17-16(18)9-12(19-10-16)15(24)22-7-4-11(5-8-22)14-21-20-13-3-1-2-6-23(13)14/h1-3,6,11-12,19H,4-5,7-10H2. The van der Waals surface area contributed by atoms with Gasteiger partial charge in [-0.25, -0.2) is 8.78 Å². The molecule has 2 aromatic rings. The average Bonchev–Trinajstić information content (AvgIpc) is 3.17. The van der Waals surface area contributed by atoms with Gasteiger partial charge in [0.15, 0.2) is 5.65 Å². The van der Waals surface area contributed by atoms with Gasteiger partial charge in [-0.05, 0) is 25.0 Å². The fraction of sp³-hybridized carbons (Fsp3) is 0.562. The number of alkyl halides is 2. The van der Waals surface area contributed by atoms with Gasteiger partial charge in [-0.2, -0.15) is 0 Å². The molecule has 1 atom stereocenters. The van der Waals surface area contributed by atoms with Crippen LogP contribution in [0, 0.1) is 0 Å². The van der Waals surface area contributed by atoms with Gasteiger partial charge < -0.3 is 4.90 Å². The van der Waals surface area contributed by atoms with Gasteiger partial charge >= 0.3 is 0 Å². The molecule has 0 saturated carbocycles. The van der Waals surface area contributed by atoms with Gasteiger partial charge in [0.2, 0.25) is 5.91 Å². The van der Waals surface area contributed by atoms with E-state index < -0.39 is 24.9 Å². The Labute approximate surface area is 137 Å². The first kappa shape index (κ1) is 15.4. The molecule has 2 saturated heterocycles. The van der Waals surface area contributed by atoms with Gasteiger partial charge in [0.05, 0.1) is 12.6 Å². The number of likely N-dealkylation sites (tertiary alicyclic amines) is 1. The minimum absolute atomic E-state index is 0.211. The molecule has 128 valence electrons. The molecular weight excluding hydrogens is 316 g/mol. The van der Waals surface area contributed by atoms with E-state index in [1.807, 2.05) is 28.8 Å². The van der Waals surface area contributed by atoms with E-state index in [9.17, 15) is 13.6 Å². The molecule has 2 aliphatic rings. The minimum Gasteiger partial charge on any atom is -0.341 e. The van der Waals surface area contributed by atoms with Crippen molar-refractivity contribution in [2.75, 3.05) is 19.6 Å². The largest absolute Gasteiger partial charge is 0.341 e. The van der Waals surface area contributed by atoms with E-state index in [-0.39, 0.29) is 11.8 Å². The third-order valence-corrected chi connectivity index (χ3v) is 4.92. The number of fused-ring (bicyclic) bond motifs is 1. The second-order valence-corrected chi connectivity index (χ2v) is 6.58. The monoisotopic (exact) mass is 335 g/mol. The summed E-state index contributed by atoms with van der Waals surface area (Å²) in [4.78, 5) is 14.1. The lowest BCUT2D eigenvalue weighted by Gasteiger charge is -2.32. The molecule has 24 heavy (non-hydrogen) atoms. The molecule has 1 N–H and O–H groups in total. The van der Waals surface area contributed by atoms with E-state index >= 15 is 0 Å². The maximum absolute atomic E-state index is 13.3. The zero-order valence-electron chi connectivity index (χ0n) is 13.2. The van der Waals surface area contributed by atoms with Gasteiger partial charge in [-0.15, -0.1) is 10.2 Å². The normalized spacial score (nSPS) is 24.6. The van der Waals surface area contributed by atoms with Crippen LogP contribution in [0.5, 0.6) is 0 Å². The number of pyridine rings is 1. The predicted octanol–water partition coefficient (Wildman–Crippen LogP) is 1.43. The molecule has 0 aliphatic carbocycles. The van der Waals surface area contributed by atoms with Crippen LogP contribution < -0.4 is 5.32 Å². The zero-order valence-corrected chi connectivity index (χ0v) is 13.2. The van der Waals surface area contributed by atoms with Crippen LogP contribution in [0.15, 0.2) is 24.4 Å². The highest BCUT2D eigenvalue weighted by molar-refractivity contribution is 5.82. The van der Waals surface area contributed by atoms with Crippen LogP contribution in [0.1, 0.15) is 31.0 Å². The topological polar surface area (TPSA) is 62.5 Å². The van der Waals surface area contributed by atoms with Crippen LogP contribution in [0.2, 0.25) is 0 Å². The summed E-state index contributed by atoms with van der Waals surface area (Å²) in [7, 11) is 0. The summed E-state index contributed by atoms with van der Waals surface area (Å²) in [5.41, 5.74) is 0.809. The van der Waals surface area contributed by atoms with Crippen LogP contribution in [-0.2, 0) is 4.79 Å². The Bertz CT molecular complexity index is 754. The number of piperidine rings is 1. The summed E-state index contributed by atoms with van der Waals surface area (Å²) in [6.45, 7) is 0.718. The fourth-order valence-corrected chi connectivity index (χ4v) is 3.61. The molecule has 0 bridgehead atoms. The Morgan fingerprint density at radius 3 is 2.75 bits per heavy atom. The molecule has 0 spiro atoms. The highest BCUT2D eigenvalue weighted by atomic mass is 19.3. The summed E-state index contributed by atoms with van der Waals surface area (Å²) < 4.78 is 28.5. The van der Waals surface area contributed by atoms with Gasteiger partial charge in [0.25, 0.3) is 5.92 Å². The number of carbonyl (C=O) groups excluding carboxylic acids is 1. The molecule has 2 aliphatic heterocycles. The molecule has 8 heteroatoms. The van der Waals surface area contributed by atoms with Crippen molar-refractivity contribution >= 4 is 11.6 Å². The molecule has 4 heterocycles.